The van der Waals surface area contributed by atoms with Crippen LogP contribution in [-0.2, 0) is 10.0 Å². The number of aryl methyl sites for hydroxylation is 2. The smallest absolute Gasteiger partial charge is 0.287 e. The Kier molecular flexibility index (Phi) is 5.32. The first-order chi connectivity index (χ1) is 9.94. The van der Waals surface area contributed by atoms with Crippen LogP contribution < -0.4 is 5.32 Å². The van der Waals surface area contributed by atoms with Gasteiger partial charge < -0.3 is 5.32 Å². The van der Waals surface area contributed by atoms with Gasteiger partial charge in [0, 0.05) is 5.75 Å². The van der Waals surface area contributed by atoms with Gasteiger partial charge >= 0.3 is 0 Å². The quantitative estimate of drug-likeness (QED) is 0.828. The highest BCUT2D eigenvalue weighted by molar-refractivity contribution is 8.14. The predicted molar refractivity (Wildman–Crippen MR) is 90.8 cm³/mol. The minimum atomic E-state index is -3.58. The average Bonchev–Trinajstić information content (AvgIpc) is 2.35. The highest BCUT2D eigenvalue weighted by Crippen LogP contribution is 2.33. The van der Waals surface area contributed by atoms with Crippen molar-refractivity contribution in [1.82, 2.24) is 0 Å². The Morgan fingerprint density at radius 2 is 1.95 bits per heavy atom. The molecule has 2 rings (SSSR count). The Labute approximate surface area is 131 Å². The number of anilines is 1. The van der Waals surface area contributed by atoms with Crippen molar-refractivity contribution >= 4 is 32.6 Å². The van der Waals surface area contributed by atoms with E-state index in [1.165, 1.54) is 31.0 Å². The van der Waals surface area contributed by atoms with Crippen LogP contribution in [0.2, 0.25) is 0 Å². The number of amidine groups is 1. The van der Waals surface area contributed by atoms with Crippen LogP contribution in [0.25, 0.3) is 0 Å². The first-order valence-corrected chi connectivity index (χ1v) is 9.72. The summed E-state index contributed by atoms with van der Waals surface area (Å²) in [5.41, 5.74) is 2.44. The van der Waals surface area contributed by atoms with Crippen LogP contribution in [0.5, 0.6) is 0 Å². The summed E-state index contributed by atoms with van der Waals surface area (Å²) in [5, 5.41) is 3.65. The van der Waals surface area contributed by atoms with Gasteiger partial charge in [-0.2, -0.15) is 8.42 Å². The van der Waals surface area contributed by atoms with Crippen LogP contribution >= 0.6 is 11.8 Å². The summed E-state index contributed by atoms with van der Waals surface area (Å²) >= 11 is 1.49. The monoisotopic (exact) mass is 326 g/mol. The Balaban J connectivity index is 2.13. The largest absolute Gasteiger partial charge is 0.333 e. The number of sulfonamides is 1. The molecule has 1 aliphatic heterocycles. The zero-order valence-electron chi connectivity index (χ0n) is 12.8. The molecule has 0 fully saturated rings. The van der Waals surface area contributed by atoms with Gasteiger partial charge in [-0.15, -0.1) is 4.40 Å². The number of thioether (sulfide) groups is 1. The molecule has 0 saturated carbocycles. The molecule has 0 bridgehead atoms. The number of hydrogen-bond acceptors (Lipinski definition) is 4. The normalized spacial score (nSPS) is 16.0. The van der Waals surface area contributed by atoms with Gasteiger partial charge in [-0.05, 0) is 37.5 Å². The molecule has 0 aliphatic carbocycles. The first kappa shape index (κ1) is 16.4. The molecular formula is C15H22N2O2S2. The summed E-state index contributed by atoms with van der Waals surface area (Å²) in [6.07, 6.45) is 4.68. The van der Waals surface area contributed by atoms with Crippen LogP contribution in [0, 0.1) is 13.8 Å². The van der Waals surface area contributed by atoms with E-state index in [1.807, 2.05) is 26.0 Å². The van der Waals surface area contributed by atoms with Crippen molar-refractivity contribution in [1.29, 1.82) is 0 Å². The number of nitrogens with zero attached hydrogens (tertiary/aromatic N) is 1. The molecule has 1 aliphatic rings. The van der Waals surface area contributed by atoms with E-state index < -0.39 is 10.0 Å². The maximum atomic E-state index is 12.3. The molecule has 0 aromatic heterocycles. The van der Waals surface area contributed by atoms with E-state index in [0.29, 0.717) is 15.8 Å². The molecule has 1 heterocycles. The molecule has 6 heteroatoms. The second kappa shape index (κ2) is 6.83. The minimum absolute atomic E-state index is 0.309. The van der Waals surface area contributed by atoms with Gasteiger partial charge in [0.2, 0.25) is 0 Å². The molecule has 0 amide bonds. The van der Waals surface area contributed by atoms with Crippen molar-refractivity contribution in [2.75, 3.05) is 11.1 Å². The van der Waals surface area contributed by atoms with Crippen molar-refractivity contribution in [3.8, 4) is 0 Å². The number of rotatable bonds is 5. The molecule has 21 heavy (non-hydrogen) atoms. The van der Waals surface area contributed by atoms with E-state index in [9.17, 15) is 8.42 Å². The molecule has 0 unspecified atom stereocenters. The van der Waals surface area contributed by atoms with E-state index in [2.05, 4.69) is 16.6 Å². The fourth-order valence-corrected chi connectivity index (χ4v) is 4.88. The highest BCUT2D eigenvalue weighted by Gasteiger charge is 2.27. The van der Waals surface area contributed by atoms with Crippen molar-refractivity contribution < 1.29 is 8.42 Å². The van der Waals surface area contributed by atoms with Crippen LogP contribution in [0.4, 0.5) is 5.69 Å². The van der Waals surface area contributed by atoms with Gasteiger partial charge in [-0.1, -0.05) is 44.0 Å². The van der Waals surface area contributed by atoms with Crippen LogP contribution in [0.1, 0.15) is 43.7 Å². The predicted octanol–water partition coefficient (Wildman–Crippen LogP) is 4.09. The summed E-state index contributed by atoms with van der Waals surface area (Å²) in [6.45, 7) is 5.95. The maximum Gasteiger partial charge on any atom is 0.287 e. The Bertz CT molecular complexity index is 652. The molecule has 0 atom stereocenters. The number of fused-ring (bicyclic) bond motifs is 1. The van der Waals surface area contributed by atoms with Gasteiger partial charge in [-0.3, -0.25) is 0 Å². The number of hydrogen-bond donors (Lipinski definition) is 1. The van der Waals surface area contributed by atoms with Crippen molar-refractivity contribution in [3.05, 3.63) is 23.3 Å². The van der Waals surface area contributed by atoms with E-state index in [1.54, 1.807) is 0 Å². The standard InChI is InChI=1S/C15H22N2O2S2/c1-4-5-6-7-8-20-15-16-13-10-11(2)9-12(3)14(13)21(18,19)17-15/h9-10H,4-8H2,1-3H3,(H,16,17). The molecule has 1 N–H and O–H groups in total. The summed E-state index contributed by atoms with van der Waals surface area (Å²) in [5.74, 6) is 0.890. The van der Waals surface area contributed by atoms with Crippen LogP contribution in [0.15, 0.2) is 21.4 Å². The van der Waals surface area contributed by atoms with Gasteiger partial charge in [-0.25, -0.2) is 0 Å². The maximum absolute atomic E-state index is 12.3. The molecule has 1 aromatic carbocycles. The number of benzene rings is 1. The third-order valence-electron chi connectivity index (χ3n) is 3.36. The highest BCUT2D eigenvalue weighted by atomic mass is 32.2. The number of unbranched alkanes of at least 4 members (excludes halogenated alkanes) is 3. The van der Waals surface area contributed by atoms with Crippen molar-refractivity contribution in [2.45, 2.75) is 51.3 Å². The summed E-state index contributed by atoms with van der Waals surface area (Å²) < 4.78 is 28.5. The van der Waals surface area contributed by atoms with E-state index >= 15 is 0 Å². The Hall–Kier alpha value is -1.01. The second-order valence-corrected chi connectivity index (χ2v) is 7.99. The fraction of sp³-hybridized carbons (Fsp3) is 0.533. The van der Waals surface area contributed by atoms with Crippen LogP contribution in [0.3, 0.4) is 0 Å². The van der Waals surface area contributed by atoms with Gasteiger partial charge in [0.25, 0.3) is 10.0 Å². The second-order valence-electron chi connectivity index (χ2n) is 5.36. The van der Waals surface area contributed by atoms with Gasteiger partial charge in [0.1, 0.15) is 4.90 Å². The van der Waals surface area contributed by atoms with E-state index in [0.717, 1.165) is 23.3 Å². The average molecular weight is 326 g/mol. The fourth-order valence-electron chi connectivity index (χ4n) is 2.44. The third kappa shape index (κ3) is 4.01. The van der Waals surface area contributed by atoms with Crippen molar-refractivity contribution in [3.63, 3.8) is 0 Å². The molecule has 1 aromatic rings. The summed E-state index contributed by atoms with van der Waals surface area (Å²) in [7, 11) is -3.58. The lowest BCUT2D eigenvalue weighted by atomic mass is 10.1. The molecule has 4 nitrogen and oxygen atoms in total. The van der Waals surface area contributed by atoms with E-state index in [-0.39, 0.29) is 0 Å². The summed E-state index contributed by atoms with van der Waals surface area (Å²) in [4.78, 5) is 0.309. The topological polar surface area (TPSA) is 58.5 Å². The first-order valence-electron chi connectivity index (χ1n) is 7.30. The SMILES string of the molecule is CCCCCCSC1=NS(=O)(=O)c2c(C)cc(C)cc2N1. The lowest BCUT2D eigenvalue weighted by molar-refractivity contribution is 0.597. The Morgan fingerprint density at radius 3 is 2.67 bits per heavy atom. The van der Waals surface area contributed by atoms with Crippen LogP contribution in [-0.4, -0.2) is 19.3 Å². The van der Waals surface area contributed by atoms with Gasteiger partial charge in [0.05, 0.1) is 5.69 Å². The number of nitrogens with one attached hydrogen (secondary N) is 1. The molecule has 116 valence electrons. The third-order valence-corrected chi connectivity index (χ3v) is 5.91. The molecule has 0 spiro atoms. The Morgan fingerprint density at radius 1 is 1.19 bits per heavy atom. The van der Waals surface area contributed by atoms with E-state index in [4.69, 9.17) is 0 Å². The molecule has 0 radical (unpaired) electrons. The zero-order chi connectivity index (χ0) is 15.5. The minimum Gasteiger partial charge on any atom is -0.333 e. The van der Waals surface area contributed by atoms with Gasteiger partial charge in [0.15, 0.2) is 5.17 Å². The molecule has 0 saturated heterocycles. The lowest BCUT2D eigenvalue weighted by Gasteiger charge is -2.20. The lowest BCUT2D eigenvalue weighted by Crippen LogP contribution is -2.20. The summed E-state index contributed by atoms with van der Waals surface area (Å²) in [6, 6.07) is 3.74. The zero-order valence-corrected chi connectivity index (χ0v) is 14.4. The van der Waals surface area contributed by atoms with Crippen molar-refractivity contribution in [2.24, 2.45) is 4.40 Å². The molecular weight excluding hydrogens is 304 g/mol.